The molecule has 2 rings (SSSR count). The normalized spacial score (nSPS) is 10.3. The SMILES string of the molecule is COC(=O)c1sc(N)nc1-c1nc(Cl)sc1C(=O)OC. The van der Waals surface area contributed by atoms with Crippen LogP contribution in [0.5, 0.6) is 0 Å². The molecule has 0 unspecified atom stereocenters. The lowest BCUT2D eigenvalue weighted by atomic mass is 10.2. The number of carbonyl (C=O) groups is 2. The van der Waals surface area contributed by atoms with Crippen LogP contribution in [0.3, 0.4) is 0 Å². The van der Waals surface area contributed by atoms with Crippen LogP contribution >= 0.6 is 34.3 Å². The van der Waals surface area contributed by atoms with Gasteiger partial charge in [-0.1, -0.05) is 34.3 Å². The molecule has 0 aliphatic carbocycles. The average molecular weight is 334 g/mol. The van der Waals surface area contributed by atoms with Crippen molar-refractivity contribution in [2.24, 2.45) is 0 Å². The molecule has 0 amide bonds. The van der Waals surface area contributed by atoms with Crippen LogP contribution in [0.25, 0.3) is 11.4 Å². The maximum Gasteiger partial charge on any atom is 0.350 e. The predicted molar refractivity (Wildman–Crippen MR) is 75.3 cm³/mol. The lowest BCUT2D eigenvalue weighted by Crippen LogP contribution is -2.04. The van der Waals surface area contributed by atoms with Gasteiger partial charge in [-0.15, -0.1) is 0 Å². The van der Waals surface area contributed by atoms with Crippen LogP contribution in [-0.4, -0.2) is 36.1 Å². The first-order chi connectivity index (χ1) is 9.47. The number of anilines is 1. The summed E-state index contributed by atoms with van der Waals surface area (Å²) in [5, 5.41) is 0.153. The van der Waals surface area contributed by atoms with E-state index < -0.39 is 11.9 Å². The van der Waals surface area contributed by atoms with Crippen LogP contribution in [0.2, 0.25) is 4.47 Å². The first-order valence-electron chi connectivity index (χ1n) is 5.07. The number of nitrogens with two attached hydrogens (primary N) is 1. The number of halogens is 1. The third-order valence-corrected chi connectivity index (χ3v) is 4.22. The molecule has 2 aromatic rings. The van der Waals surface area contributed by atoms with Crippen LogP contribution in [0.1, 0.15) is 19.3 Å². The molecule has 0 radical (unpaired) electrons. The number of hydrogen-bond acceptors (Lipinski definition) is 9. The number of methoxy groups -OCH3 is 2. The smallest absolute Gasteiger partial charge is 0.350 e. The van der Waals surface area contributed by atoms with E-state index in [1.807, 2.05) is 0 Å². The summed E-state index contributed by atoms with van der Waals surface area (Å²) in [5.41, 5.74) is 5.91. The van der Waals surface area contributed by atoms with Crippen molar-refractivity contribution in [2.75, 3.05) is 20.0 Å². The Morgan fingerprint density at radius 1 is 1.05 bits per heavy atom. The van der Waals surface area contributed by atoms with Crippen molar-refractivity contribution >= 4 is 51.3 Å². The van der Waals surface area contributed by atoms with E-state index in [2.05, 4.69) is 19.4 Å². The molecule has 2 heterocycles. The zero-order valence-electron chi connectivity index (χ0n) is 10.3. The summed E-state index contributed by atoms with van der Waals surface area (Å²) in [4.78, 5) is 31.7. The molecular formula is C10H8ClN3O4S2. The van der Waals surface area contributed by atoms with Gasteiger partial charge in [0.2, 0.25) is 0 Å². The Balaban J connectivity index is 2.63. The van der Waals surface area contributed by atoms with E-state index in [0.29, 0.717) is 0 Å². The highest BCUT2D eigenvalue weighted by atomic mass is 35.5. The van der Waals surface area contributed by atoms with E-state index in [-0.39, 0.29) is 30.7 Å². The van der Waals surface area contributed by atoms with Crippen molar-refractivity contribution in [2.45, 2.75) is 0 Å². The van der Waals surface area contributed by atoms with Crippen LogP contribution in [-0.2, 0) is 9.47 Å². The lowest BCUT2D eigenvalue weighted by molar-refractivity contribution is 0.0595. The fraction of sp³-hybridized carbons (Fsp3) is 0.200. The maximum atomic E-state index is 11.7. The highest BCUT2D eigenvalue weighted by molar-refractivity contribution is 7.18. The quantitative estimate of drug-likeness (QED) is 0.857. The van der Waals surface area contributed by atoms with Crippen molar-refractivity contribution < 1.29 is 19.1 Å². The van der Waals surface area contributed by atoms with Crippen molar-refractivity contribution in [3.05, 3.63) is 14.2 Å². The molecule has 2 N–H and O–H groups in total. The number of nitrogen functional groups attached to an aromatic ring is 1. The van der Waals surface area contributed by atoms with Gasteiger partial charge in [-0.2, -0.15) is 0 Å². The Morgan fingerprint density at radius 2 is 1.55 bits per heavy atom. The molecule has 7 nitrogen and oxygen atoms in total. The second kappa shape index (κ2) is 5.73. The standard InChI is InChI=1S/C10H8ClN3O4S2/c1-17-7(15)5-3(13-9(11)19-5)4-6(8(16)18-2)20-10(12)14-4/h1-2H3,(H2,12,14). The summed E-state index contributed by atoms with van der Waals surface area (Å²) in [5.74, 6) is -1.24. The Morgan fingerprint density at radius 3 is 2.10 bits per heavy atom. The van der Waals surface area contributed by atoms with Crippen molar-refractivity contribution in [1.82, 2.24) is 9.97 Å². The Labute approximate surface area is 126 Å². The molecule has 10 heteroatoms. The van der Waals surface area contributed by atoms with Gasteiger partial charge in [-0.25, -0.2) is 19.6 Å². The summed E-state index contributed by atoms with van der Waals surface area (Å²) >= 11 is 7.69. The number of aromatic nitrogens is 2. The minimum Gasteiger partial charge on any atom is -0.465 e. The monoisotopic (exact) mass is 333 g/mol. The zero-order valence-corrected chi connectivity index (χ0v) is 12.7. The van der Waals surface area contributed by atoms with Crippen molar-refractivity contribution in [3.63, 3.8) is 0 Å². The van der Waals surface area contributed by atoms with Crippen LogP contribution in [0.15, 0.2) is 0 Å². The van der Waals surface area contributed by atoms with Gasteiger partial charge in [-0.3, -0.25) is 0 Å². The molecule has 0 aliphatic rings. The summed E-state index contributed by atoms with van der Waals surface area (Å²) in [6, 6.07) is 0. The van der Waals surface area contributed by atoms with E-state index >= 15 is 0 Å². The van der Waals surface area contributed by atoms with Gasteiger partial charge < -0.3 is 15.2 Å². The molecule has 2 aromatic heterocycles. The second-order valence-electron chi connectivity index (χ2n) is 3.36. The number of nitrogens with zero attached hydrogens (tertiary/aromatic N) is 2. The number of rotatable bonds is 3. The van der Waals surface area contributed by atoms with Gasteiger partial charge in [0.05, 0.1) is 14.2 Å². The molecular weight excluding hydrogens is 326 g/mol. The minimum atomic E-state index is -0.619. The van der Waals surface area contributed by atoms with Gasteiger partial charge in [-0.05, 0) is 0 Å². The molecule has 0 saturated carbocycles. The third kappa shape index (κ3) is 2.60. The van der Waals surface area contributed by atoms with Gasteiger partial charge in [0.15, 0.2) is 9.60 Å². The molecule has 0 spiro atoms. The van der Waals surface area contributed by atoms with Gasteiger partial charge in [0, 0.05) is 0 Å². The number of thiazole rings is 2. The molecule has 0 fully saturated rings. The Bertz CT molecular complexity index is 624. The van der Waals surface area contributed by atoms with E-state index in [4.69, 9.17) is 17.3 Å². The van der Waals surface area contributed by atoms with Crippen LogP contribution < -0.4 is 5.73 Å². The summed E-state index contributed by atoms with van der Waals surface area (Å²) in [7, 11) is 2.47. The molecule has 0 saturated heterocycles. The van der Waals surface area contributed by atoms with E-state index in [9.17, 15) is 9.59 Å². The molecule has 0 bridgehead atoms. The summed E-state index contributed by atoms with van der Waals surface area (Å²) < 4.78 is 9.42. The minimum absolute atomic E-state index is 0.128. The predicted octanol–water partition coefficient (Wildman–Crippen LogP) is 2.08. The van der Waals surface area contributed by atoms with Crippen molar-refractivity contribution in [1.29, 1.82) is 0 Å². The molecule has 0 aliphatic heterocycles. The van der Waals surface area contributed by atoms with Crippen LogP contribution in [0.4, 0.5) is 5.13 Å². The van der Waals surface area contributed by atoms with Crippen molar-refractivity contribution in [3.8, 4) is 11.4 Å². The number of hydrogen-bond donors (Lipinski definition) is 1. The summed E-state index contributed by atoms with van der Waals surface area (Å²) in [6.07, 6.45) is 0. The molecule has 106 valence electrons. The highest BCUT2D eigenvalue weighted by Crippen LogP contribution is 2.36. The third-order valence-electron chi connectivity index (χ3n) is 2.21. The number of carbonyl (C=O) groups excluding carboxylic acids is 2. The lowest BCUT2D eigenvalue weighted by Gasteiger charge is -2.00. The molecule has 0 atom stereocenters. The molecule has 20 heavy (non-hydrogen) atoms. The van der Waals surface area contributed by atoms with E-state index in [1.165, 1.54) is 14.2 Å². The zero-order chi connectivity index (χ0) is 14.9. The largest absolute Gasteiger partial charge is 0.465 e. The molecule has 0 aromatic carbocycles. The van der Waals surface area contributed by atoms with E-state index in [0.717, 1.165) is 22.7 Å². The fourth-order valence-electron chi connectivity index (χ4n) is 1.41. The Kier molecular flexibility index (Phi) is 4.21. The number of esters is 2. The fourth-order valence-corrected chi connectivity index (χ4v) is 3.19. The number of ether oxygens (including phenoxy) is 2. The highest BCUT2D eigenvalue weighted by Gasteiger charge is 2.27. The Hall–Kier alpha value is -1.71. The van der Waals surface area contributed by atoms with E-state index in [1.54, 1.807) is 0 Å². The summed E-state index contributed by atoms with van der Waals surface area (Å²) in [6.45, 7) is 0. The van der Waals surface area contributed by atoms with Gasteiger partial charge in [0.1, 0.15) is 21.1 Å². The van der Waals surface area contributed by atoms with Gasteiger partial charge >= 0.3 is 11.9 Å². The van der Waals surface area contributed by atoms with Crippen LogP contribution in [0, 0.1) is 0 Å². The average Bonchev–Trinajstić information content (AvgIpc) is 2.99. The first-order valence-corrected chi connectivity index (χ1v) is 7.08. The second-order valence-corrected chi connectivity index (χ2v) is 5.97. The topological polar surface area (TPSA) is 104 Å². The maximum absolute atomic E-state index is 11.7. The van der Waals surface area contributed by atoms with Gasteiger partial charge in [0.25, 0.3) is 0 Å². The first kappa shape index (κ1) is 14.7.